The zero-order valence-electron chi connectivity index (χ0n) is 22.2. The van der Waals surface area contributed by atoms with Crippen molar-refractivity contribution < 1.29 is 33.9 Å². The Kier molecular flexibility index (Phi) is 9.68. The van der Waals surface area contributed by atoms with Crippen molar-refractivity contribution in [2.75, 3.05) is 6.61 Å². The van der Waals surface area contributed by atoms with Crippen LogP contribution in [0.1, 0.15) is 29.2 Å². The molecule has 0 spiro atoms. The predicted molar refractivity (Wildman–Crippen MR) is 149 cm³/mol. The van der Waals surface area contributed by atoms with Crippen LogP contribution in [-0.2, 0) is 26.4 Å². The second-order valence-electron chi connectivity index (χ2n) is 8.82. The third-order valence-corrected chi connectivity index (χ3v) is 6.01. The first kappa shape index (κ1) is 28.8. The summed E-state index contributed by atoms with van der Waals surface area (Å²) in [4.78, 5) is 21.7. The summed E-state index contributed by atoms with van der Waals surface area (Å²) in [5, 5.41) is 32.2. The first-order valence-corrected chi connectivity index (χ1v) is 12.7. The summed E-state index contributed by atoms with van der Waals surface area (Å²) in [6.45, 7) is 2.02. The molecule has 0 unspecified atom stereocenters. The van der Waals surface area contributed by atoms with E-state index in [1.165, 1.54) is 24.3 Å². The van der Waals surface area contributed by atoms with Crippen LogP contribution in [-0.4, -0.2) is 21.6 Å². The van der Waals surface area contributed by atoms with Crippen LogP contribution in [0.4, 0.5) is 11.4 Å². The summed E-state index contributed by atoms with van der Waals surface area (Å²) in [6.07, 6.45) is 0. The molecule has 0 saturated heterocycles. The quantitative estimate of drug-likeness (QED) is 0.142. The van der Waals surface area contributed by atoms with Gasteiger partial charge in [-0.15, -0.1) is 0 Å². The van der Waals surface area contributed by atoms with Gasteiger partial charge in [-0.1, -0.05) is 36.4 Å². The number of ether oxygens (including phenoxy) is 4. The first-order valence-electron chi connectivity index (χ1n) is 12.7. The molecule has 1 N–H and O–H groups in total. The zero-order valence-corrected chi connectivity index (χ0v) is 22.2. The first-order chi connectivity index (χ1) is 19.9. The van der Waals surface area contributed by atoms with Crippen molar-refractivity contribution in [3.8, 4) is 23.0 Å². The highest BCUT2D eigenvalue weighted by Crippen LogP contribution is 2.32. The molecule has 0 atom stereocenters. The number of hydrogen-bond acceptors (Lipinski definition) is 9. The standard InChI is InChI=1S/C30H28N2O9/c1-2-38-30-14-22(19-40-25-9-11-27(31(34)35)23(15-25)17-33)8-13-29(30)41-20-24-16-26(10-12-28(24)32(36)37)39-18-21-6-4-3-5-7-21/h3-16,33H,2,17-20H2,1H3. The van der Waals surface area contributed by atoms with E-state index in [1.807, 2.05) is 37.3 Å². The fraction of sp³-hybridized carbons (Fsp3) is 0.200. The molecule has 0 amide bonds. The molecule has 0 aliphatic rings. The van der Waals surface area contributed by atoms with Gasteiger partial charge in [-0.2, -0.15) is 0 Å². The molecule has 4 aromatic rings. The molecule has 0 radical (unpaired) electrons. The molecule has 212 valence electrons. The van der Waals surface area contributed by atoms with Gasteiger partial charge in [0.2, 0.25) is 0 Å². The Morgan fingerprint density at radius 1 is 0.634 bits per heavy atom. The van der Waals surface area contributed by atoms with E-state index in [2.05, 4.69) is 0 Å². The van der Waals surface area contributed by atoms with Crippen LogP contribution in [0.2, 0.25) is 0 Å². The summed E-state index contributed by atoms with van der Waals surface area (Å²) < 4.78 is 23.3. The van der Waals surface area contributed by atoms with E-state index in [9.17, 15) is 25.3 Å². The predicted octanol–water partition coefficient (Wildman–Crippen LogP) is 6.13. The normalized spacial score (nSPS) is 10.6. The van der Waals surface area contributed by atoms with Crippen LogP contribution < -0.4 is 18.9 Å². The maximum Gasteiger partial charge on any atom is 0.276 e. The summed E-state index contributed by atoms with van der Waals surface area (Å²) in [7, 11) is 0. The van der Waals surface area contributed by atoms with E-state index in [4.69, 9.17) is 18.9 Å². The molecular weight excluding hydrogens is 532 g/mol. The number of nitro groups is 2. The summed E-state index contributed by atoms with van der Waals surface area (Å²) in [5.74, 6) is 1.65. The van der Waals surface area contributed by atoms with Crippen LogP contribution in [0.3, 0.4) is 0 Å². The highest BCUT2D eigenvalue weighted by atomic mass is 16.6. The van der Waals surface area contributed by atoms with Gasteiger partial charge in [0.1, 0.15) is 31.3 Å². The Labute approximate surface area is 235 Å². The van der Waals surface area contributed by atoms with Gasteiger partial charge in [0.05, 0.1) is 34.2 Å². The minimum absolute atomic E-state index is 0.0922. The number of aliphatic hydroxyl groups excluding tert-OH is 1. The molecule has 0 aliphatic carbocycles. The highest BCUT2D eigenvalue weighted by molar-refractivity contribution is 5.48. The van der Waals surface area contributed by atoms with Crippen molar-refractivity contribution in [1.82, 2.24) is 0 Å². The average molecular weight is 561 g/mol. The number of aliphatic hydroxyl groups is 1. The maximum absolute atomic E-state index is 11.6. The lowest BCUT2D eigenvalue weighted by atomic mass is 10.1. The molecule has 11 nitrogen and oxygen atoms in total. The number of rotatable bonds is 14. The molecule has 0 fully saturated rings. The van der Waals surface area contributed by atoms with Crippen molar-refractivity contribution in [3.63, 3.8) is 0 Å². The van der Waals surface area contributed by atoms with E-state index in [0.717, 1.165) is 11.1 Å². The summed E-state index contributed by atoms with van der Waals surface area (Å²) >= 11 is 0. The lowest BCUT2D eigenvalue weighted by Crippen LogP contribution is -2.05. The van der Waals surface area contributed by atoms with Crippen LogP contribution in [0.15, 0.2) is 84.9 Å². The van der Waals surface area contributed by atoms with Crippen molar-refractivity contribution in [2.24, 2.45) is 0 Å². The van der Waals surface area contributed by atoms with Crippen molar-refractivity contribution in [3.05, 3.63) is 127 Å². The smallest absolute Gasteiger partial charge is 0.276 e. The molecule has 0 heterocycles. The van der Waals surface area contributed by atoms with Gasteiger partial charge < -0.3 is 24.1 Å². The molecule has 41 heavy (non-hydrogen) atoms. The topological polar surface area (TPSA) is 143 Å². The number of hydrogen-bond donors (Lipinski definition) is 1. The van der Waals surface area contributed by atoms with E-state index in [-0.39, 0.29) is 30.2 Å². The lowest BCUT2D eigenvalue weighted by Gasteiger charge is -2.15. The Bertz CT molecular complexity index is 1510. The monoisotopic (exact) mass is 560 g/mol. The number of nitrogens with zero attached hydrogens (tertiary/aromatic N) is 2. The summed E-state index contributed by atoms with van der Waals surface area (Å²) in [5.41, 5.74) is 1.91. The molecule has 0 saturated carbocycles. The van der Waals surface area contributed by atoms with E-state index >= 15 is 0 Å². The third-order valence-electron chi connectivity index (χ3n) is 6.01. The molecule has 0 aliphatic heterocycles. The molecule has 4 rings (SSSR count). The molecule has 4 aromatic carbocycles. The minimum atomic E-state index is -0.564. The van der Waals surface area contributed by atoms with Crippen LogP contribution >= 0.6 is 0 Å². The largest absolute Gasteiger partial charge is 0.490 e. The zero-order chi connectivity index (χ0) is 29.2. The van der Waals surface area contributed by atoms with Gasteiger partial charge in [0.25, 0.3) is 11.4 Å². The molecule has 0 aromatic heterocycles. The molecule has 11 heteroatoms. The van der Waals surface area contributed by atoms with Gasteiger partial charge in [-0.3, -0.25) is 20.2 Å². The minimum Gasteiger partial charge on any atom is -0.490 e. The number of benzene rings is 4. The number of nitro benzene ring substituents is 2. The van der Waals surface area contributed by atoms with Gasteiger partial charge in [0, 0.05) is 12.1 Å². The lowest BCUT2D eigenvalue weighted by molar-refractivity contribution is -0.386. The summed E-state index contributed by atoms with van der Waals surface area (Å²) in [6, 6.07) is 23.4. The van der Waals surface area contributed by atoms with Crippen molar-refractivity contribution in [2.45, 2.75) is 33.4 Å². The van der Waals surface area contributed by atoms with Crippen LogP contribution in [0.5, 0.6) is 23.0 Å². The van der Waals surface area contributed by atoms with Gasteiger partial charge in [-0.05, 0) is 54.4 Å². The van der Waals surface area contributed by atoms with Gasteiger partial charge in [0.15, 0.2) is 11.5 Å². The average Bonchev–Trinajstić information content (AvgIpc) is 2.98. The molecular formula is C30H28N2O9. The SMILES string of the molecule is CCOc1cc(COc2ccc([N+](=O)[O-])c(CO)c2)ccc1OCc1cc(OCc2ccccc2)ccc1[N+](=O)[O-]. The van der Waals surface area contributed by atoms with E-state index in [1.54, 1.807) is 30.3 Å². The van der Waals surface area contributed by atoms with E-state index in [0.29, 0.717) is 41.8 Å². The maximum atomic E-state index is 11.6. The van der Waals surface area contributed by atoms with Crippen molar-refractivity contribution in [1.29, 1.82) is 0 Å². The second-order valence-corrected chi connectivity index (χ2v) is 8.82. The van der Waals surface area contributed by atoms with Gasteiger partial charge in [-0.25, -0.2) is 0 Å². The highest BCUT2D eigenvalue weighted by Gasteiger charge is 2.18. The Balaban J connectivity index is 1.46. The van der Waals surface area contributed by atoms with Crippen LogP contribution in [0, 0.1) is 20.2 Å². The Morgan fingerprint density at radius 2 is 1.24 bits per heavy atom. The Morgan fingerprint density at radius 3 is 1.85 bits per heavy atom. The fourth-order valence-corrected chi connectivity index (χ4v) is 3.99. The van der Waals surface area contributed by atoms with Crippen LogP contribution in [0.25, 0.3) is 0 Å². The van der Waals surface area contributed by atoms with E-state index < -0.39 is 16.5 Å². The Hall–Kier alpha value is -5.16. The molecule has 0 bridgehead atoms. The second kappa shape index (κ2) is 13.8. The third kappa shape index (κ3) is 7.70. The van der Waals surface area contributed by atoms with Crippen molar-refractivity contribution >= 4 is 11.4 Å². The fourth-order valence-electron chi connectivity index (χ4n) is 3.99. The van der Waals surface area contributed by atoms with Gasteiger partial charge >= 0.3 is 0 Å².